The summed E-state index contributed by atoms with van der Waals surface area (Å²) >= 11 is 0. The van der Waals surface area contributed by atoms with Crippen molar-refractivity contribution in [1.82, 2.24) is 0 Å². The highest BCUT2D eigenvalue weighted by Gasteiger charge is 2.19. The lowest BCUT2D eigenvalue weighted by molar-refractivity contribution is 0.630. The molecule has 1 aromatic rings. The minimum absolute atomic E-state index is 0.125. The molecule has 0 amide bonds. The second kappa shape index (κ2) is 4.31. The maximum atomic E-state index is 13.1. The normalized spacial score (nSPS) is 13.9. The second-order valence-corrected chi connectivity index (χ2v) is 6.66. The quantitative estimate of drug-likeness (QED) is 0.792. The van der Waals surface area contributed by atoms with E-state index in [1.54, 1.807) is 6.07 Å². The van der Waals surface area contributed by atoms with Crippen LogP contribution in [0.25, 0.3) is 0 Å². The molecule has 0 aliphatic heterocycles. The fraction of sp³-hybridized carbons (Fsp3) is 0.455. The number of benzene rings is 1. The lowest BCUT2D eigenvalue weighted by Crippen LogP contribution is -2.23. The van der Waals surface area contributed by atoms with E-state index < -0.39 is 16.6 Å². The predicted octanol–water partition coefficient (Wildman–Crippen LogP) is 2.46. The molecule has 0 spiro atoms. The number of nitrogen functional groups attached to an aromatic ring is 1. The summed E-state index contributed by atoms with van der Waals surface area (Å²) in [4.78, 5) is 0. The first-order valence-corrected chi connectivity index (χ1v) is 6.05. The average Bonchev–Trinajstić information content (AvgIpc) is 2.10. The van der Waals surface area contributed by atoms with E-state index in [1.807, 2.05) is 20.8 Å². The lowest BCUT2D eigenvalue weighted by atomic mass is 10.2. The summed E-state index contributed by atoms with van der Waals surface area (Å²) in [6.07, 6.45) is 0. The molecule has 2 N–H and O–H groups in total. The number of rotatable bonds is 2. The van der Waals surface area contributed by atoms with Crippen LogP contribution in [0.1, 0.15) is 26.3 Å². The zero-order valence-electron chi connectivity index (χ0n) is 9.21. The average molecular weight is 229 g/mol. The van der Waals surface area contributed by atoms with Crippen molar-refractivity contribution in [3.05, 3.63) is 29.6 Å². The lowest BCUT2D eigenvalue weighted by Gasteiger charge is -2.17. The molecule has 4 heteroatoms. The minimum Gasteiger partial charge on any atom is -0.396 e. The fourth-order valence-electron chi connectivity index (χ4n) is 1.03. The van der Waals surface area contributed by atoms with Crippen LogP contribution in [0.15, 0.2) is 18.2 Å². The summed E-state index contributed by atoms with van der Waals surface area (Å²) < 4.78 is 24.6. The van der Waals surface area contributed by atoms with Gasteiger partial charge in [-0.15, -0.1) is 0 Å². The third-order valence-electron chi connectivity index (χ3n) is 2.05. The summed E-state index contributed by atoms with van der Waals surface area (Å²) in [5.41, 5.74) is 6.20. The Hall–Kier alpha value is -0.900. The first-order valence-electron chi connectivity index (χ1n) is 4.73. The molecular weight excluding hydrogens is 213 g/mol. The summed E-state index contributed by atoms with van der Waals surface area (Å²) in [6, 6.07) is 4.56. The van der Waals surface area contributed by atoms with Crippen molar-refractivity contribution in [1.29, 1.82) is 0 Å². The van der Waals surface area contributed by atoms with Crippen LogP contribution in [0.5, 0.6) is 0 Å². The van der Waals surface area contributed by atoms with Gasteiger partial charge in [-0.2, -0.15) is 0 Å². The van der Waals surface area contributed by atoms with Gasteiger partial charge in [-0.3, -0.25) is 4.21 Å². The summed E-state index contributed by atoms with van der Waals surface area (Å²) in [6.45, 7) is 5.70. The van der Waals surface area contributed by atoms with Crippen LogP contribution in [0.2, 0.25) is 0 Å². The zero-order chi connectivity index (χ0) is 11.6. The van der Waals surface area contributed by atoms with Gasteiger partial charge in [0.2, 0.25) is 0 Å². The molecule has 1 atom stereocenters. The number of hydrogen-bond donors (Lipinski definition) is 1. The van der Waals surface area contributed by atoms with Gasteiger partial charge in [0.25, 0.3) is 0 Å². The van der Waals surface area contributed by atoms with E-state index in [9.17, 15) is 8.60 Å². The van der Waals surface area contributed by atoms with Crippen molar-refractivity contribution in [3.63, 3.8) is 0 Å². The monoisotopic (exact) mass is 229 g/mol. The van der Waals surface area contributed by atoms with Crippen molar-refractivity contribution in [2.45, 2.75) is 31.3 Å². The maximum Gasteiger partial charge on any atom is 0.146 e. The van der Waals surface area contributed by atoms with Gasteiger partial charge in [0.15, 0.2) is 0 Å². The van der Waals surface area contributed by atoms with Crippen LogP contribution < -0.4 is 5.73 Å². The van der Waals surface area contributed by atoms with Crippen LogP contribution in [-0.4, -0.2) is 8.96 Å². The SMILES string of the molecule is CC(C)(C)S(=O)Cc1ccc(N)c(F)c1. The van der Waals surface area contributed by atoms with Crippen LogP contribution in [0.3, 0.4) is 0 Å². The molecule has 0 fully saturated rings. The van der Waals surface area contributed by atoms with Gasteiger partial charge in [-0.05, 0) is 38.5 Å². The van der Waals surface area contributed by atoms with Crippen LogP contribution >= 0.6 is 0 Å². The number of nitrogens with two attached hydrogens (primary N) is 1. The highest BCUT2D eigenvalue weighted by atomic mass is 32.2. The van der Waals surface area contributed by atoms with Crippen LogP contribution in [0.4, 0.5) is 10.1 Å². The molecule has 0 aliphatic rings. The van der Waals surface area contributed by atoms with E-state index in [2.05, 4.69) is 0 Å². The molecule has 1 aromatic carbocycles. The van der Waals surface area contributed by atoms with Crippen molar-refractivity contribution in [2.75, 3.05) is 5.73 Å². The first-order chi connectivity index (χ1) is 6.80. The molecule has 0 saturated carbocycles. The smallest absolute Gasteiger partial charge is 0.146 e. The Morgan fingerprint density at radius 3 is 2.47 bits per heavy atom. The molecule has 0 heterocycles. The molecule has 15 heavy (non-hydrogen) atoms. The third kappa shape index (κ3) is 3.30. The number of hydrogen-bond acceptors (Lipinski definition) is 2. The molecule has 2 nitrogen and oxygen atoms in total. The van der Waals surface area contributed by atoms with Gasteiger partial charge in [0.05, 0.1) is 5.69 Å². The fourth-order valence-corrected chi connectivity index (χ4v) is 1.94. The third-order valence-corrected chi connectivity index (χ3v) is 4.01. The van der Waals surface area contributed by atoms with Crippen molar-refractivity contribution in [3.8, 4) is 0 Å². The van der Waals surface area contributed by atoms with Gasteiger partial charge >= 0.3 is 0 Å². The number of halogens is 1. The second-order valence-electron chi connectivity index (χ2n) is 4.46. The van der Waals surface area contributed by atoms with E-state index in [0.29, 0.717) is 5.75 Å². The Labute approximate surface area is 92.1 Å². The number of anilines is 1. The molecule has 0 aromatic heterocycles. The Morgan fingerprint density at radius 2 is 2.00 bits per heavy atom. The van der Waals surface area contributed by atoms with Crippen molar-refractivity contribution in [2.24, 2.45) is 0 Å². The Kier molecular flexibility index (Phi) is 3.50. The predicted molar refractivity (Wildman–Crippen MR) is 62.4 cm³/mol. The highest BCUT2D eigenvalue weighted by molar-refractivity contribution is 7.85. The van der Waals surface area contributed by atoms with Crippen LogP contribution in [0, 0.1) is 5.82 Å². The Balaban J connectivity index is 2.83. The molecule has 0 radical (unpaired) electrons. The largest absolute Gasteiger partial charge is 0.396 e. The maximum absolute atomic E-state index is 13.1. The van der Waals surface area contributed by atoms with Gasteiger partial charge in [0.1, 0.15) is 5.82 Å². The minimum atomic E-state index is -1.01. The summed E-state index contributed by atoms with van der Waals surface area (Å²) in [7, 11) is -1.01. The zero-order valence-corrected chi connectivity index (χ0v) is 10.0. The van der Waals surface area contributed by atoms with Crippen molar-refractivity contribution >= 4 is 16.5 Å². The van der Waals surface area contributed by atoms with Gasteiger partial charge in [-0.25, -0.2) is 4.39 Å². The molecule has 0 aliphatic carbocycles. The first kappa shape index (κ1) is 12.2. The molecule has 0 saturated heterocycles. The molecule has 84 valence electrons. The molecule has 0 bridgehead atoms. The Bertz CT molecular complexity index is 385. The topological polar surface area (TPSA) is 43.1 Å². The standard InChI is InChI=1S/C11H16FNOS/c1-11(2,3)15(14)7-8-4-5-10(13)9(12)6-8/h4-6H,7,13H2,1-3H3. The van der Waals surface area contributed by atoms with Gasteiger partial charge < -0.3 is 5.73 Å². The van der Waals surface area contributed by atoms with E-state index in [4.69, 9.17) is 5.73 Å². The van der Waals surface area contributed by atoms with Gasteiger partial charge in [0, 0.05) is 21.3 Å². The summed E-state index contributed by atoms with van der Waals surface area (Å²) in [5, 5.41) is 0. The molecular formula is C11H16FNOS. The molecule has 1 unspecified atom stereocenters. The highest BCUT2D eigenvalue weighted by Crippen LogP contribution is 2.18. The van der Waals surface area contributed by atoms with E-state index >= 15 is 0 Å². The van der Waals surface area contributed by atoms with Gasteiger partial charge in [-0.1, -0.05) is 6.07 Å². The Morgan fingerprint density at radius 1 is 1.40 bits per heavy atom. The van der Waals surface area contributed by atoms with E-state index in [0.717, 1.165) is 5.56 Å². The van der Waals surface area contributed by atoms with E-state index in [-0.39, 0.29) is 10.4 Å². The van der Waals surface area contributed by atoms with Crippen LogP contribution in [-0.2, 0) is 16.6 Å². The molecule has 1 rings (SSSR count). The van der Waals surface area contributed by atoms with Crippen molar-refractivity contribution < 1.29 is 8.60 Å². The van der Waals surface area contributed by atoms with E-state index in [1.165, 1.54) is 12.1 Å². The summed E-state index contributed by atoms with van der Waals surface area (Å²) in [5.74, 6) is -0.0841.